The number of rotatable bonds is 7. The number of benzene rings is 4. The molecule has 0 bridgehead atoms. The van der Waals surface area contributed by atoms with E-state index in [1.165, 1.54) is 0 Å². The van der Waals surface area contributed by atoms with Crippen LogP contribution in [0.3, 0.4) is 0 Å². The zero-order chi connectivity index (χ0) is 34.5. The summed E-state index contributed by atoms with van der Waals surface area (Å²) < 4.78 is 13.5. The molecule has 4 aliphatic rings. The third-order valence-electron chi connectivity index (χ3n) is 12.5. The van der Waals surface area contributed by atoms with Gasteiger partial charge in [0.25, 0.3) is 0 Å². The van der Waals surface area contributed by atoms with E-state index >= 15 is 0 Å². The number of ether oxygens (including phenoxy) is 2. The van der Waals surface area contributed by atoms with Gasteiger partial charge in [0.1, 0.15) is 11.9 Å². The number of hydrogen-bond donors (Lipinski definition) is 1. The van der Waals surface area contributed by atoms with E-state index in [0.717, 1.165) is 47.9 Å². The third-order valence-corrected chi connectivity index (χ3v) is 12.5. The lowest BCUT2D eigenvalue weighted by molar-refractivity contribution is -0.131. The van der Waals surface area contributed by atoms with E-state index in [9.17, 15) is 14.7 Å². The van der Waals surface area contributed by atoms with Gasteiger partial charge < -0.3 is 14.6 Å². The molecule has 5 heteroatoms. The first kappa shape index (κ1) is 32.5. The first-order valence-corrected chi connectivity index (χ1v) is 18.0. The molecular weight excluding hydrogens is 620 g/mol. The van der Waals surface area contributed by atoms with Gasteiger partial charge in [-0.3, -0.25) is 4.79 Å². The number of esters is 1. The monoisotopic (exact) mass is 664 g/mol. The minimum absolute atomic E-state index is 0.0410. The van der Waals surface area contributed by atoms with Crippen LogP contribution in [-0.4, -0.2) is 29.1 Å². The van der Waals surface area contributed by atoms with Gasteiger partial charge in [-0.2, -0.15) is 0 Å². The van der Waals surface area contributed by atoms with Gasteiger partial charge in [-0.1, -0.05) is 123 Å². The van der Waals surface area contributed by atoms with E-state index in [-0.39, 0.29) is 34.6 Å². The average molecular weight is 665 g/mol. The summed E-state index contributed by atoms with van der Waals surface area (Å²) in [5.41, 5.74) is 2.87. The summed E-state index contributed by atoms with van der Waals surface area (Å²) in [4.78, 5) is 26.2. The van der Waals surface area contributed by atoms with Crippen LogP contribution < -0.4 is 4.74 Å². The predicted molar refractivity (Wildman–Crippen MR) is 193 cm³/mol. The van der Waals surface area contributed by atoms with Gasteiger partial charge in [0, 0.05) is 33.4 Å². The van der Waals surface area contributed by atoms with Crippen LogP contribution in [0.5, 0.6) is 5.75 Å². The smallest absolute Gasteiger partial charge is 0.338 e. The van der Waals surface area contributed by atoms with E-state index < -0.39 is 11.7 Å². The van der Waals surface area contributed by atoms with Crippen molar-refractivity contribution in [2.45, 2.75) is 63.8 Å². The molecule has 4 aliphatic carbocycles. The van der Waals surface area contributed by atoms with Crippen molar-refractivity contribution in [1.82, 2.24) is 0 Å². The Bertz CT molecular complexity index is 1850. The molecule has 7 atom stereocenters. The summed E-state index contributed by atoms with van der Waals surface area (Å²) in [7, 11) is 0. The number of allylic oxidation sites excluding steroid dienone is 4. The van der Waals surface area contributed by atoms with Gasteiger partial charge in [0.15, 0.2) is 11.4 Å². The zero-order valence-electron chi connectivity index (χ0n) is 28.7. The lowest BCUT2D eigenvalue weighted by Gasteiger charge is -2.58. The van der Waals surface area contributed by atoms with Crippen molar-refractivity contribution in [3.8, 4) is 5.75 Å². The molecule has 4 aromatic carbocycles. The molecule has 4 aromatic rings. The van der Waals surface area contributed by atoms with Crippen LogP contribution in [0.2, 0.25) is 0 Å². The van der Waals surface area contributed by atoms with Gasteiger partial charge >= 0.3 is 5.97 Å². The summed E-state index contributed by atoms with van der Waals surface area (Å²) >= 11 is 0. The standard InChI is InChI=1S/C45H44O5/c1-43-26-25-35(46)28-34(43)21-22-37-38-23-24-40(44(38,2)29-39(47)41(37)43)49-42(48)30-13-12-20-36(27-30)50-45(31-14-6-3-7-15-31,32-16-8-4-9-17-32)33-18-10-5-11-19-33/h3-20,25-28,37-41,47H,21-24,29H2,1-2H3. The Morgan fingerprint density at radius 3 is 2.04 bits per heavy atom. The number of aliphatic hydroxyl groups excluding tert-OH is 1. The van der Waals surface area contributed by atoms with E-state index in [0.29, 0.717) is 29.6 Å². The number of ketones is 1. The number of fused-ring (bicyclic) bond motifs is 5. The molecule has 1 N–H and O–H groups in total. The van der Waals surface area contributed by atoms with Crippen molar-refractivity contribution in [2.24, 2.45) is 28.6 Å². The van der Waals surface area contributed by atoms with Crippen molar-refractivity contribution in [3.63, 3.8) is 0 Å². The molecule has 0 saturated heterocycles. The number of carbonyl (C=O) groups is 2. The highest BCUT2D eigenvalue weighted by molar-refractivity contribution is 6.01. The van der Waals surface area contributed by atoms with Gasteiger partial charge in [0.2, 0.25) is 0 Å². The van der Waals surface area contributed by atoms with Crippen molar-refractivity contribution in [3.05, 3.63) is 161 Å². The normalized spacial score (nSPS) is 30.0. The van der Waals surface area contributed by atoms with Crippen LogP contribution in [0, 0.1) is 28.6 Å². The highest BCUT2D eigenvalue weighted by Crippen LogP contribution is 2.65. The highest BCUT2D eigenvalue weighted by Gasteiger charge is 2.62. The molecule has 8 rings (SSSR count). The van der Waals surface area contributed by atoms with Gasteiger partial charge in [-0.15, -0.1) is 0 Å². The Morgan fingerprint density at radius 2 is 1.42 bits per heavy atom. The van der Waals surface area contributed by atoms with E-state index in [1.54, 1.807) is 24.3 Å². The second kappa shape index (κ2) is 12.5. The fourth-order valence-corrected chi connectivity index (χ4v) is 10.2. The van der Waals surface area contributed by atoms with E-state index in [1.807, 2.05) is 72.8 Å². The van der Waals surface area contributed by atoms with Crippen LogP contribution in [0.15, 0.2) is 139 Å². The molecular formula is C45H44O5. The van der Waals surface area contributed by atoms with Crippen LogP contribution in [0.1, 0.15) is 73.0 Å². The fourth-order valence-electron chi connectivity index (χ4n) is 10.2. The highest BCUT2D eigenvalue weighted by atomic mass is 16.5. The maximum atomic E-state index is 14.0. The Balaban J connectivity index is 1.07. The molecule has 3 fully saturated rings. The summed E-state index contributed by atoms with van der Waals surface area (Å²) in [6.07, 6.45) is 8.75. The second-order valence-corrected chi connectivity index (χ2v) is 15.2. The molecule has 254 valence electrons. The molecule has 0 aromatic heterocycles. The van der Waals surface area contributed by atoms with E-state index in [4.69, 9.17) is 9.47 Å². The topological polar surface area (TPSA) is 72.8 Å². The van der Waals surface area contributed by atoms with Crippen molar-refractivity contribution in [1.29, 1.82) is 0 Å². The number of hydrogen-bond acceptors (Lipinski definition) is 5. The second-order valence-electron chi connectivity index (χ2n) is 15.2. The molecule has 3 saturated carbocycles. The number of aliphatic hydroxyl groups is 1. The Kier molecular flexibility index (Phi) is 8.14. The molecule has 0 radical (unpaired) electrons. The summed E-state index contributed by atoms with van der Waals surface area (Å²) in [6.45, 7) is 4.40. The van der Waals surface area contributed by atoms with Crippen LogP contribution in [-0.2, 0) is 15.1 Å². The summed E-state index contributed by atoms with van der Waals surface area (Å²) in [5, 5.41) is 11.8. The van der Waals surface area contributed by atoms with Gasteiger partial charge in [0.05, 0.1) is 11.7 Å². The van der Waals surface area contributed by atoms with Crippen LogP contribution in [0.4, 0.5) is 0 Å². The molecule has 0 aliphatic heterocycles. The minimum Gasteiger partial charge on any atom is -0.473 e. The van der Waals surface area contributed by atoms with Crippen LogP contribution >= 0.6 is 0 Å². The zero-order valence-corrected chi connectivity index (χ0v) is 28.7. The number of carbonyl (C=O) groups excluding carboxylic acids is 2. The molecule has 7 unspecified atom stereocenters. The largest absolute Gasteiger partial charge is 0.473 e. The molecule has 0 heterocycles. The molecule has 5 nitrogen and oxygen atoms in total. The Morgan fingerprint density at radius 1 is 0.800 bits per heavy atom. The van der Waals surface area contributed by atoms with Crippen molar-refractivity contribution < 1.29 is 24.2 Å². The van der Waals surface area contributed by atoms with Crippen LogP contribution in [0.25, 0.3) is 0 Å². The first-order valence-electron chi connectivity index (χ1n) is 18.0. The third kappa shape index (κ3) is 5.25. The quantitative estimate of drug-likeness (QED) is 0.158. The average Bonchev–Trinajstić information content (AvgIpc) is 3.46. The molecule has 50 heavy (non-hydrogen) atoms. The Hall–Kier alpha value is -4.74. The molecule has 0 amide bonds. The summed E-state index contributed by atoms with van der Waals surface area (Å²) in [5.74, 6) is 0.896. The molecule has 0 spiro atoms. The van der Waals surface area contributed by atoms with Crippen molar-refractivity contribution in [2.75, 3.05) is 0 Å². The predicted octanol–water partition coefficient (Wildman–Crippen LogP) is 8.86. The van der Waals surface area contributed by atoms with Gasteiger partial charge in [-0.05, 0) is 74.3 Å². The lowest BCUT2D eigenvalue weighted by atomic mass is 9.47. The summed E-state index contributed by atoms with van der Waals surface area (Å²) in [6, 6.07) is 37.9. The fraction of sp³-hybridized carbons (Fsp3) is 0.333. The first-order chi connectivity index (χ1) is 24.2. The minimum atomic E-state index is -0.972. The SMILES string of the molecule is CC12C=CC(=O)C=C1CCC1C2C(O)CC2(C)C(OC(=O)c3cccc(OC(c4ccccc4)(c4ccccc4)c4ccccc4)c3)CCC12. The Labute approximate surface area is 294 Å². The maximum Gasteiger partial charge on any atom is 0.338 e. The lowest BCUT2D eigenvalue weighted by Crippen LogP contribution is -2.56. The van der Waals surface area contributed by atoms with Gasteiger partial charge in [-0.25, -0.2) is 4.79 Å². The maximum absolute atomic E-state index is 14.0. The van der Waals surface area contributed by atoms with Crippen molar-refractivity contribution >= 4 is 11.8 Å². The van der Waals surface area contributed by atoms with E-state index in [2.05, 4.69) is 50.2 Å².